The van der Waals surface area contributed by atoms with Crippen molar-refractivity contribution in [3.05, 3.63) is 46.5 Å². The molecule has 3 unspecified atom stereocenters. The van der Waals surface area contributed by atoms with Crippen LogP contribution in [0, 0.1) is 11.8 Å². The molecular weight excluding hydrogens is 557 g/mol. The zero-order valence-electron chi connectivity index (χ0n) is 23.0. The number of benzene rings is 1. The van der Waals surface area contributed by atoms with Gasteiger partial charge in [0.2, 0.25) is 0 Å². The highest BCUT2D eigenvalue weighted by Gasteiger charge is 2.56. The van der Waals surface area contributed by atoms with E-state index in [1.165, 1.54) is 21.0 Å². The molecule has 1 amide bonds. The Bertz CT molecular complexity index is 1320. The Hall–Kier alpha value is -2.08. The summed E-state index contributed by atoms with van der Waals surface area (Å²) in [6.07, 6.45) is 4.15. The molecule has 216 valence electrons. The van der Waals surface area contributed by atoms with Gasteiger partial charge in [0.1, 0.15) is 17.2 Å². The van der Waals surface area contributed by atoms with Crippen LogP contribution in [0.15, 0.2) is 30.5 Å². The van der Waals surface area contributed by atoms with Gasteiger partial charge in [-0.1, -0.05) is 18.2 Å². The summed E-state index contributed by atoms with van der Waals surface area (Å²) in [6.45, 7) is 6.30. The highest BCUT2D eigenvalue weighted by atomic mass is 32.2. The molecule has 2 aromatic rings. The Labute approximate surface area is 241 Å². The number of nitrogens with one attached hydrogen (secondary N) is 1. The topological polar surface area (TPSA) is 57.7 Å². The monoisotopic (exact) mass is 592 g/mol. The molecule has 2 fully saturated rings. The lowest BCUT2D eigenvalue weighted by atomic mass is 9.79. The lowest BCUT2D eigenvalue weighted by Crippen LogP contribution is -2.51. The maximum Gasteiger partial charge on any atom is 0.410 e. The fourth-order valence-corrected chi connectivity index (χ4v) is 8.82. The van der Waals surface area contributed by atoms with Gasteiger partial charge in [-0.25, -0.2) is 18.8 Å². The van der Waals surface area contributed by atoms with E-state index in [9.17, 15) is 18.0 Å². The molecule has 1 aromatic heterocycles. The number of amides is 1. The number of hydrogen-bond donors (Lipinski definition) is 1. The molecule has 1 spiro atoms. The van der Waals surface area contributed by atoms with Crippen LogP contribution < -0.4 is 4.72 Å². The number of carbonyl (C=O) groups excluding carboxylic acids is 1. The highest BCUT2D eigenvalue weighted by Crippen LogP contribution is 2.52. The zero-order valence-corrected chi connectivity index (χ0v) is 24.6. The molecule has 1 aromatic carbocycles. The summed E-state index contributed by atoms with van der Waals surface area (Å²) in [5, 5.41) is 0.961. The summed E-state index contributed by atoms with van der Waals surface area (Å²) in [6, 6.07) is 6.59. The van der Waals surface area contributed by atoms with E-state index in [4.69, 9.17) is 9.72 Å². The summed E-state index contributed by atoms with van der Waals surface area (Å²) >= 11 is 2.82. The Morgan fingerprint density at radius 2 is 1.93 bits per heavy atom. The molecule has 2 bridgehead atoms. The first-order valence-corrected chi connectivity index (χ1v) is 15.5. The van der Waals surface area contributed by atoms with Gasteiger partial charge in [0.25, 0.3) is 0 Å². The molecule has 11 heteroatoms. The number of hydrogen-bond acceptors (Lipinski definition) is 7. The van der Waals surface area contributed by atoms with E-state index in [2.05, 4.69) is 29.0 Å². The summed E-state index contributed by atoms with van der Waals surface area (Å²) in [7, 11) is 0. The van der Waals surface area contributed by atoms with Crippen LogP contribution in [0.5, 0.6) is 0 Å². The molecule has 6 nitrogen and oxygen atoms in total. The zero-order chi connectivity index (χ0) is 28.3. The fraction of sp³-hybridized carbons (Fsp3) is 0.586. The standard InChI is InChI=1S/C29H35F3N4O2S2/c1-27(2,3)38-26(37)35-10-8-18(9-11-35)24-15-33-25(39-24)20-5-4-19-13-22-6-7-23(14-21(19)12-20)28(22)16-36(40-34-28)17-29(30,31)32/h4-5,8,12,15,22-23,34H,6-7,9-11,13-14,16-17H2,1-3H3. The summed E-state index contributed by atoms with van der Waals surface area (Å²) in [5.74, 6) is 0.646. The van der Waals surface area contributed by atoms with Gasteiger partial charge in [-0.05, 0) is 87.5 Å². The minimum absolute atomic E-state index is 0.274. The number of rotatable bonds is 3. The smallest absolute Gasteiger partial charge is 0.410 e. The third-order valence-electron chi connectivity index (χ3n) is 8.55. The van der Waals surface area contributed by atoms with Crippen LogP contribution >= 0.6 is 23.5 Å². The van der Waals surface area contributed by atoms with Crippen molar-refractivity contribution in [3.63, 3.8) is 0 Å². The summed E-state index contributed by atoms with van der Waals surface area (Å²) < 4.78 is 49.7. The van der Waals surface area contributed by atoms with E-state index >= 15 is 0 Å². The van der Waals surface area contributed by atoms with Crippen molar-refractivity contribution in [2.75, 3.05) is 26.2 Å². The molecule has 1 saturated heterocycles. The van der Waals surface area contributed by atoms with Crippen LogP contribution in [0.4, 0.5) is 18.0 Å². The molecule has 40 heavy (non-hydrogen) atoms. The number of aromatic nitrogens is 1. The number of carbonyl (C=O) groups is 1. The van der Waals surface area contributed by atoms with Crippen molar-refractivity contribution in [2.45, 2.75) is 70.2 Å². The molecule has 2 aliphatic carbocycles. The maximum atomic E-state index is 13.1. The van der Waals surface area contributed by atoms with E-state index in [-0.39, 0.29) is 11.6 Å². The molecule has 3 atom stereocenters. The van der Waals surface area contributed by atoms with E-state index in [0.717, 1.165) is 59.7 Å². The second-order valence-corrected chi connectivity index (χ2v) is 14.4. The first-order valence-electron chi connectivity index (χ1n) is 13.9. The van der Waals surface area contributed by atoms with Crippen LogP contribution in [-0.4, -0.2) is 63.8 Å². The molecule has 1 saturated carbocycles. The van der Waals surface area contributed by atoms with E-state index < -0.39 is 18.3 Å². The second kappa shape index (κ2) is 10.3. The maximum absolute atomic E-state index is 13.1. The quantitative estimate of drug-likeness (QED) is 0.399. The van der Waals surface area contributed by atoms with Gasteiger partial charge in [-0.3, -0.25) is 0 Å². The van der Waals surface area contributed by atoms with Gasteiger partial charge in [-0.2, -0.15) is 13.2 Å². The van der Waals surface area contributed by atoms with E-state index in [1.807, 2.05) is 27.0 Å². The van der Waals surface area contributed by atoms with Crippen LogP contribution in [-0.2, 0) is 17.6 Å². The van der Waals surface area contributed by atoms with Crippen LogP contribution in [0.1, 0.15) is 56.0 Å². The SMILES string of the molecule is CC(C)(C)OC(=O)N1CC=C(c2cnc(-c3ccc4c(c3)CC3CCC(C4)C34CN(CC(F)(F)F)SN4)s2)CC1. The van der Waals surface area contributed by atoms with Crippen molar-refractivity contribution >= 4 is 35.1 Å². The number of thiazole rings is 1. The van der Waals surface area contributed by atoms with Crippen molar-refractivity contribution in [3.8, 4) is 10.6 Å². The molecule has 2 aliphatic heterocycles. The predicted molar refractivity (Wildman–Crippen MR) is 153 cm³/mol. The first kappa shape index (κ1) is 28.1. The lowest BCUT2D eigenvalue weighted by Gasteiger charge is -2.34. The number of alkyl halides is 3. The largest absolute Gasteiger partial charge is 0.444 e. The predicted octanol–water partition coefficient (Wildman–Crippen LogP) is 6.73. The van der Waals surface area contributed by atoms with Gasteiger partial charge >= 0.3 is 12.3 Å². The van der Waals surface area contributed by atoms with Crippen molar-refractivity contribution in [1.82, 2.24) is 18.9 Å². The van der Waals surface area contributed by atoms with Crippen molar-refractivity contribution < 1.29 is 22.7 Å². The average Bonchev–Trinajstić information content (AvgIpc) is 3.56. The summed E-state index contributed by atoms with van der Waals surface area (Å²) in [4.78, 5) is 20.0. The number of nitrogens with zero attached hydrogens (tertiary/aromatic N) is 3. The minimum Gasteiger partial charge on any atom is -0.444 e. The van der Waals surface area contributed by atoms with Gasteiger partial charge < -0.3 is 9.64 Å². The van der Waals surface area contributed by atoms with E-state index in [1.54, 1.807) is 16.2 Å². The third-order valence-corrected chi connectivity index (χ3v) is 10.7. The van der Waals surface area contributed by atoms with Gasteiger partial charge in [0.15, 0.2) is 0 Å². The van der Waals surface area contributed by atoms with Gasteiger partial charge in [0, 0.05) is 49.1 Å². The summed E-state index contributed by atoms with van der Waals surface area (Å²) in [5.41, 5.74) is 4.11. The minimum atomic E-state index is -4.19. The molecule has 4 aliphatic rings. The lowest BCUT2D eigenvalue weighted by molar-refractivity contribution is -0.135. The number of ether oxygens (including phenoxy) is 1. The van der Waals surface area contributed by atoms with Crippen molar-refractivity contribution in [2.24, 2.45) is 11.8 Å². The van der Waals surface area contributed by atoms with Crippen LogP contribution in [0.2, 0.25) is 0 Å². The molecule has 3 heterocycles. The van der Waals surface area contributed by atoms with Crippen LogP contribution in [0.25, 0.3) is 16.1 Å². The van der Waals surface area contributed by atoms with Gasteiger partial charge in [-0.15, -0.1) is 11.3 Å². The number of halogens is 3. The fourth-order valence-electron chi connectivity index (χ4n) is 6.66. The Balaban J connectivity index is 1.16. The van der Waals surface area contributed by atoms with Crippen molar-refractivity contribution in [1.29, 1.82) is 0 Å². The second-order valence-electron chi connectivity index (χ2n) is 12.4. The Kier molecular flexibility index (Phi) is 7.24. The molecule has 6 rings (SSSR count). The van der Waals surface area contributed by atoms with Gasteiger partial charge in [0.05, 0.1) is 4.88 Å². The Morgan fingerprint density at radius 1 is 1.18 bits per heavy atom. The molecule has 1 N–H and O–H groups in total. The van der Waals surface area contributed by atoms with Crippen LogP contribution in [0.3, 0.4) is 0 Å². The average molecular weight is 593 g/mol. The number of fused-ring (bicyclic) bond motifs is 1. The first-order chi connectivity index (χ1) is 18.9. The van der Waals surface area contributed by atoms with E-state index in [0.29, 0.717) is 31.5 Å². The normalized spacial score (nSPS) is 27.1. The third kappa shape index (κ3) is 5.67. The molecular formula is C29H35F3N4O2S2. The molecule has 0 radical (unpaired) electrons. The Morgan fingerprint density at radius 3 is 2.60 bits per heavy atom. The highest BCUT2D eigenvalue weighted by molar-refractivity contribution is 7.95.